The van der Waals surface area contributed by atoms with Gasteiger partial charge in [-0.05, 0) is 60.7 Å². The molecule has 3 atom stereocenters. The van der Waals surface area contributed by atoms with Crippen molar-refractivity contribution in [1.29, 1.82) is 0 Å². The van der Waals surface area contributed by atoms with Gasteiger partial charge in [0.25, 0.3) is 0 Å². The summed E-state index contributed by atoms with van der Waals surface area (Å²) in [6, 6.07) is 20.5. The molecule has 4 aromatic rings. The minimum absolute atomic E-state index is 0.00934. The van der Waals surface area contributed by atoms with Crippen LogP contribution in [0, 0.1) is 5.21 Å². The quantitative estimate of drug-likeness (QED) is 0.0528. The molecular formula is C31H31ClN4O8S2. The fraction of sp³-hybridized carbons (Fsp3) is 0.258. The van der Waals surface area contributed by atoms with Crippen LogP contribution in [0.3, 0.4) is 0 Å². The van der Waals surface area contributed by atoms with Gasteiger partial charge in [-0.2, -0.15) is 9.93 Å². The van der Waals surface area contributed by atoms with Gasteiger partial charge < -0.3 is 19.8 Å². The van der Waals surface area contributed by atoms with Crippen LogP contribution in [0.5, 0.6) is 5.75 Å². The molecule has 1 aliphatic rings. The normalized spacial score (nSPS) is 18.8. The number of halogens is 1. The largest absolute Gasteiger partial charge is 0.579 e. The number of carbonyl (C=O) groups excluding carboxylic acids is 2. The number of ether oxygens (including phenoxy) is 1. The fourth-order valence-corrected chi connectivity index (χ4v) is 7.53. The Morgan fingerprint density at radius 2 is 1.89 bits per heavy atom. The Balaban J connectivity index is 1.21. The summed E-state index contributed by atoms with van der Waals surface area (Å²) in [5.41, 5.74) is 1.80. The molecule has 0 bridgehead atoms. The average molecular weight is 687 g/mol. The van der Waals surface area contributed by atoms with Crippen molar-refractivity contribution in [2.75, 3.05) is 13.2 Å². The third-order valence-electron chi connectivity index (χ3n) is 7.18. The molecule has 5 rings (SSSR count). The van der Waals surface area contributed by atoms with Crippen LogP contribution in [0.2, 0.25) is 5.02 Å². The number of unbranched alkanes of at least 4 members (excludes halogenated alkanes) is 1. The molecule has 12 nitrogen and oxygen atoms in total. The topological polar surface area (TPSA) is 171 Å². The van der Waals surface area contributed by atoms with Gasteiger partial charge in [-0.1, -0.05) is 63.4 Å². The van der Waals surface area contributed by atoms with E-state index in [-0.39, 0.29) is 29.3 Å². The lowest BCUT2D eigenvalue weighted by atomic mass is 10.0. The van der Waals surface area contributed by atoms with Gasteiger partial charge in [-0.15, -0.1) is 0 Å². The zero-order chi connectivity index (χ0) is 32.7. The predicted molar refractivity (Wildman–Crippen MR) is 171 cm³/mol. The van der Waals surface area contributed by atoms with Crippen LogP contribution in [-0.4, -0.2) is 54.0 Å². The molecule has 1 saturated heterocycles. The maximum absolute atomic E-state index is 13.3. The SMILES string of the molecule is O=C(NCCCCOc1ccccc1-c1ccno1)C(Cc1ccc(C2CC(=O)[N+]([O-])(O)S2)c(Cl)c1)NS(=O)(=O)c1ccccc1. The molecule has 0 aliphatic carbocycles. The van der Waals surface area contributed by atoms with Gasteiger partial charge in [0.2, 0.25) is 15.9 Å². The molecule has 0 saturated carbocycles. The first kappa shape index (κ1) is 33.6. The summed E-state index contributed by atoms with van der Waals surface area (Å²) >= 11 is 7.00. The van der Waals surface area contributed by atoms with E-state index in [1.54, 1.807) is 48.7 Å². The Morgan fingerprint density at radius 1 is 1.13 bits per heavy atom. The summed E-state index contributed by atoms with van der Waals surface area (Å²) in [5, 5.41) is 27.7. The minimum Gasteiger partial charge on any atom is -0.579 e. The maximum atomic E-state index is 13.3. The number of nitrogens with one attached hydrogen (secondary N) is 2. The van der Waals surface area contributed by atoms with Gasteiger partial charge in [0.05, 0.1) is 29.7 Å². The number of carbonyl (C=O) groups is 2. The number of quaternary nitrogens is 1. The highest BCUT2D eigenvalue weighted by Crippen LogP contribution is 2.47. The highest BCUT2D eigenvalue weighted by Gasteiger charge is 2.44. The number of nitrogens with zero attached hydrogens (tertiary/aromatic N) is 2. The van der Waals surface area contributed by atoms with Gasteiger partial charge in [0.15, 0.2) is 5.76 Å². The lowest BCUT2D eigenvalue weighted by Gasteiger charge is -2.22. The number of sulfonamides is 1. The average Bonchev–Trinajstić information content (AvgIpc) is 3.66. The Kier molecular flexibility index (Phi) is 10.8. The first-order valence-corrected chi connectivity index (χ1v) is 17.0. The second-order valence-electron chi connectivity index (χ2n) is 10.5. The number of aromatic nitrogens is 1. The number of hydrogen-bond donors (Lipinski definition) is 3. The smallest absolute Gasteiger partial charge is 0.359 e. The van der Waals surface area contributed by atoms with Crippen molar-refractivity contribution in [3.63, 3.8) is 0 Å². The van der Waals surface area contributed by atoms with Crippen molar-refractivity contribution in [2.45, 2.75) is 41.9 Å². The van der Waals surface area contributed by atoms with E-state index in [2.05, 4.69) is 15.2 Å². The van der Waals surface area contributed by atoms with Gasteiger partial charge in [-0.3, -0.25) is 4.79 Å². The zero-order valence-electron chi connectivity index (χ0n) is 24.4. The molecule has 242 valence electrons. The molecule has 15 heteroatoms. The number of para-hydroxylation sites is 1. The van der Waals surface area contributed by atoms with Crippen molar-refractivity contribution >= 4 is 45.4 Å². The van der Waals surface area contributed by atoms with Gasteiger partial charge in [0.1, 0.15) is 29.0 Å². The fourth-order valence-electron chi connectivity index (χ4n) is 4.84. The third-order valence-corrected chi connectivity index (χ3v) is 10.2. The molecule has 1 aromatic heterocycles. The second kappa shape index (κ2) is 14.8. The highest BCUT2D eigenvalue weighted by atomic mass is 35.5. The zero-order valence-corrected chi connectivity index (χ0v) is 26.8. The van der Waals surface area contributed by atoms with Crippen molar-refractivity contribution in [2.24, 2.45) is 0 Å². The van der Waals surface area contributed by atoms with E-state index >= 15 is 0 Å². The Hall–Kier alpha value is -3.76. The molecular weight excluding hydrogens is 656 g/mol. The van der Waals surface area contributed by atoms with Crippen molar-refractivity contribution < 1.29 is 36.7 Å². The summed E-state index contributed by atoms with van der Waals surface area (Å²) in [4.78, 5) is 25.2. The van der Waals surface area contributed by atoms with Crippen molar-refractivity contribution in [3.8, 4) is 17.1 Å². The van der Waals surface area contributed by atoms with Crippen molar-refractivity contribution in [3.05, 3.63) is 106 Å². The van der Waals surface area contributed by atoms with E-state index in [9.17, 15) is 28.4 Å². The molecule has 0 spiro atoms. The second-order valence-corrected chi connectivity index (χ2v) is 13.9. The Bertz CT molecular complexity index is 1770. The predicted octanol–water partition coefficient (Wildman–Crippen LogP) is 5.18. The number of rotatable bonds is 14. The summed E-state index contributed by atoms with van der Waals surface area (Å²) in [7, 11) is -4.05. The number of benzene rings is 3. The lowest BCUT2D eigenvalue weighted by Crippen LogP contribution is -2.48. The first-order chi connectivity index (χ1) is 22.0. The van der Waals surface area contributed by atoms with E-state index < -0.39 is 37.3 Å². The van der Waals surface area contributed by atoms with Crippen LogP contribution in [0.25, 0.3) is 11.3 Å². The van der Waals surface area contributed by atoms with Crippen LogP contribution in [0.1, 0.15) is 35.6 Å². The summed E-state index contributed by atoms with van der Waals surface area (Å²) < 4.78 is 37.9. The number of amides is 2. The molecule has 2 amide bonds. The van der Waals surface area contributed by atoms with Crippen LogP contribution in [-0.2, 0) is 26.0 Å². The highest BCUT2D eigenvalue weighted by molar-refractivity contribution is 7.94. The van der Waals surface area contributed by atoms with Crippen LogP contribution in [0.4, 0.5) is 0 Å². The van der Waals surface area contributed by atoms with Crippen LogP contribution < -0.4 is 14.8 Å². The molecule has 2 heterocycles. The molecule has 3 N–H and O–H groups in total. The summed E-state index contributed by atoms with van der Waals surface area (Å²) in [6.45, 7) is 0.655. The molecule has 1 aliphatic heterocycles. The monoisotopic (exact) mass is 686 g/mol. The van der Waals surface area contributed by atoms with Crippen LogP contribution >= 0.6 is 23.5 Å². The number of hydrogen-bond acceptors (Lipinski definition) is 10. The van der Waals surface area contributed by atoms with Gasteiger partial charge in [-0.25, -0.2) is 13.2 Å². The maximum Gasteiger partial charge on any atom is 0.359 e. The Morgan fingerprint density at radius 3 is 2.59 bits per heavy atom. The molecule has 46 heavy (non-hydrogen) atoms. The third kappa shape index (κ3) is 8.33. The van der Waals surface area contributed by atoms with E-state index in [1.807, 2.05) is 24.3 Å². The van der Waals surface area contributed by atoms with E-state index in [4.69, 9.17) is 20.9 Å². The number of hydroxylamine groups is 2. The molecule has 3 aromatic carbocycles. The molecule has 0 radical (unpaired) electrons. The first-order valence-electron chi connectivity index (χ1n) is 14.3. The van der Waals surface area contributed by atoms with Crippen LogP contribution in [0.15, 0.2) is 94.5 Å². The van der Waals surface area contributed by atoms with E-state index in [0.29, 0.717) is 54.0 Å². The lowest BCUT2D eigenvalue weighted by molar-refractivity contribution is -0.880. The van der Waals surface area contributed by atoms with Gasteiger partial charge >= 0.3 is 5.91 Å². The Labute approximate surface area is 275 Å². The molecule has 1 fully saturated rings. The standard InChI is InChI=1S/C31H31ClN4O8S2/c32-25-18-21(12-13-23(25)29-20-30(37)36(39,40)45-29)19-26(35-46(41,42)22-8-2-1-3-9-22)31(38)33-15-6-7-17-43-27-11-5-4-10-24(27)28-14-16-34-44-28/h1-5,8-14,16,18,26,29,35,39H,6-7,15,17,19-20H2,(H,33,38). The summed E-state index contributed by atoms with van der Waals surface area (Å²) in [6.07, 6.45) is 2.51. The molecule has 3 unspecified atom stereocenters. The van der Waals surface area contributed by atoms with E-state index in [1.165, 1.54) is 12.1 Å². The van der Waals surface area contributed by atoms with E-state index in [0.717, 1.165) is 5.56 Å². The summed E-state index contributed by atoms with van der Waals surface area (Å²) in [5.74, 6) is -0.180. The minimum atomic E-state index is -4.05. The van der Waals surface area contributed by atoms with Gasteiger partial charge in [0, 0.05) is 17.6 Å². The van der Waals surface area contributed by atoms with Crippen molar-refractivity contribution in [1.82, 2.24) is 15.2 Å².